The Labute approximate surface area is 111 Å². The highest BCUT2D eigenvalue weighted by atomic mass is 79.9. The van der Waals surface area contributed by atoms with Gasteiger partial charge in [0, 0.05) is 42.7 Å². The summed E-state index contributed by atoms with van der Waals surface area (Å²) in [6, 6.07) is 8.79. The Kier molecular flexibility index (Phi) is 4.56. The third-order valence-electron chi connectivity index (χ3n) is 3.50. The van der Waals surface area contributed by atoms with Crippen LogP contribution in [0.15, 0.2) is 28.7 Å². The number of piperazine rings is 1. The van der Waals surface area contributed by atoms with Gasteiger partial charge in [-0.3, -0.25) is 4.90 Å². The van der Waals surface area contributed by atoms with Crippen LogP contribution in [0.2, 0.25) is 0 Å². The zero-order chi connectivity index (χ0) is 12.3. The first-order valence-electron chi connectivity index (χ1n) is 6.14. The van der Waals surface area contributed by atoms with Crippen LogP contribution in [0.4, 0.5) is 0 Å². The predicted octanol–water partition coefficient (Wildman–Crippen LogP) is 1.74. The first-order chi connectivity index (χ1) is 8.18. The minimum atomic E-state index is 0.0844. The third kappa shape index (κ3) is 3.28. The second-order valence-corrected chi connectivity index (χ2v) is 5.52. The molecule has 1 aliphatic rings. The summed E-state index contributed by atoms with van der Waals surface area (Å²) in [4.78, 5) is 2.46. The van der Waals surface area contributed by atoms with Crippen LogP contribution in [0.3, 0.4) is 0 Å². The second-order valence-electron chi connectivity index (χ2n) is 4.60. The molecule has 0 aliphatic carbocycles. The lowest BCUT2D eigenvalue weighted by Crippen LogP contribution is -2.50. The first-order valence-corrected chi connectivity index (χ1v) is 6.93. The number of benzene rings is 1. The van der Waals surface area contributed by atoms with Gasteiger partial charge < -0.3 is 11.1 Å². The molecule has 1 saturated heterocycles. The summed E-state index contributed by atoms with van der Waals surface area (Å²) in [7, 11) is 0. The van der Waals surface area contributed by atoms with Crippen molar-refractivity contribution in [3.8, 4) is 0 Å². The molecule has 0 radical (unpaired) electrons. The number of hydrogen-bond donors (Lipinski definition) is 2. The highest BCUT2D eigenvalue weighted by Crippen LogP contribution is 2.20. The van der Waals surface area contributed by atoms with Crippen molar-refractivity contribution in [1.29, 1.82) is 0 Å². The SMILES string of the molecule is CC(C(N)c1ccc(Br)cc1)N1CCNCC1. The van der Waals surface area contributed by atoms with E-state index in [2.05, 4.69) is 57.3 Å². The van der Waals surface area contributed by atoms with E-state index in [4.69, 9.17) is 5.73 Å². The Morgan fingerprint density at radius 3 is 2.41 bits per heavy atom. The van der Waals surface area contributed by atoms with Gasteiger partial charge >= 0.3 is 0 Å². The highest BCUT2D eigenvalue weighted by Gasteiger charge is 2.22. The molecule has 3 N–H and O–H groups in total. The van der Waals surface area contributed by atoms with Crippen molar-refractivity contribution in [3.05, 3.63) is 34.3 Å². The molecule has 1 heterocycles. The topological polar surface area (TPSA) is 41.3 Å². The Morgan fingerprint density at radius 1 is 1.24 bits per heavy atom. The molecule has 17 heavy (non-hydrogen) atoms. The molecule has 0 bridgehead atoms. The largest absolute Gasteiger partial charge is 0.323 e. The molecule has 2 rings (SSSR count). The summed E-state index contributed by atoms with van der Waals surface area (Å²) in [5, 5.41) is 3.37. The van der Waals surface area contributed by atoms with Gasteiger partial charge in [-0.05, 0) is 24.6 Å². The smallest absolute Gasteiger partial charge is 0.0450 e. The molecule has 3 nitrogen and oxygen atoms in total. The molecule has 0 spiro atoms. The fourth-order valence-electron chi connectivity index (χ4n) is 2.28. The van der Waals surface area contributed by atoms with Crippen molar-refractivity contribution in [1.82, 2.24) is 10.2 Å². The van der Waals surface area contributed by atoms with Crippen molar-refractivity contribution in [3.63, 3.8) is 0 Å². The fourth-order valence-corrected chi connectivity index (χ4v) is 2.54. The minimum absolute atomic E-state index is 0.0844. The molecule has 4 heteroatoms. The van der Waals surface area contributed by atoms with E-state index in [1.807, 2.05) is 0 Å². The van der Waals surface area contributed by atoms with E-state index in [1.165, 1.54) is 5.56 Å². The molecular formula is C13H20BrN3. The van der Waals surface area contributed by atoms with Gasteiger partial charge in [0.15, 0.2) is 0 Å². The van der Waals surface area contributed by atoms with Crippen LogP contribution in [0.25, 0.3) is 0 Å². The quantitative estimate of drug-likeness (QED) is 0.893. The van der Waals surface area contributed by atoms with Crippen LogP contribution in [0.5, 0.6) is 0 Å². The predicted molar refractivity (Wildman–Crippen MR) is 75.0 cm³/mol. The Bertz CT molecular complexity index is 346. The van der Waals surface area contributed by atoms with Gasteiger partial charge in [0.25, 0.3) is 0 Å². The van der Waals surface area contributed by atoms with Crippen molar-refractivity contribution >= 4 is 15.9 Å². The molecule has 1 fully saturated rings. The van der Waals surface area contributed by atoms with Gasteiger partial charge in [-0.1, -0.05) is 28.1 Å². The highest BCUT2D eigenvalue weighted by molar-refractivity contribution is 9.10. The van der Waals surface area contributed by atoms with Crippen LogP contribution < -0.4 is 11.1 Å². The number of halogens is 1. The fraction of sp³-hybridized carbons (Fsp3) is 0.538. The standard InChI is InChI=1S/C13H20BrN3/c1-10(17-8-6-16-7-9-17)13(15)11-2-4-12(14)5-3-11/h2-5,10,13,16H,6-9,15H2,1H3. The van der Waals surface area contributed by atoms with Crippen molar-refractivity contribution in [2.45, 2.75) is 19.0 Å². The van der Waals surface area contributed by atoms with Crippen LogP contribution in [-0.4, -0.2) is 37.1 Å². The Balaban J connectivity index is 2.02. The zero-order valence-corrected chi connectivity index (χ0v) is 11.8. The number of rotatable bonds is 3. The normalized spacial score (nSPS) is 21.1. The number of nitrogens with zero attached hydrogens (tertiary/aromatic N) is 1. The average Bonchev–Trinajstić information content (AvgIpc) is 2.39. The number of nitrogens with two attached hydrogens (primary N) is 1. The molecule has 1 aromatic carbocycles. The van der Waals surface area contributed by atoms with Gasteiger partial charge in [-0.2, -0.15) is 0 Å². The van der Waals surface area contributed by atoms with Gasteiger partial charge in [-0.15, -0.1) is 0 Å². The molecule has 0 saturated carbocycles. The molecule has 1 aliphatic heterocycles. The third-order valence-corrected chi connectivity index (χ3v) is 4.03. The van der Waals surface area contributed by atoms with Crippen LogP contribution in [0, 0.1) is 0 Å². The van der Waals surface area contributed by atoms with Crippen molar-refractivity contribution in [2.24, 2.45) is 5.73 Å². The molecule has 1 aromatic rings. The van der Waals surface area contributed by atoms with Crippen LogP contribution in [0.1, 0.15) is 18.5 Å². The van der Waals surface area contributed by atoms with E-state index in [9.17, 15) is 0 Å². The first kappa shape index (κ1) is 13.0. The molecule has 0 amide bonds. The molecule has 2 atom stereocenters. The van der Waals surface area contributed by atoms with Gasteiger partial charge in [0.1, 0.15) is 0 Å². The van der Waals surface area contributed by atoms with E-state index in [0.29, 0.717) is 6.04 Å². The van der Waals surface area contributed by atoms with Crippen LogP contribution >= 0.6 is 15.9 Å². The van der Waals surface area contributed by atoms with Gasteiger partial charge in [0.2, 0.25) is 0 Å². The summed E-state index contributed by atoms with van der Waals surface area (Å²) in [5.74, 6) is 0. The molecular weight excluding hydrogens is 278 g/mol. The Morgan fingerprint density at radius 2 is 1.82 bits per heavy atom. The summed E-state index contributed by atoms with van der Waals surface area (Å²) in [6.45, 7) is 6.53. The van der Waals surface area contributed by atoms with Gasteiger partial charge in [0.05, 0.1) is 0 Å². The number of nitrogens with one attached hydrogen (secondary N) is 1. The van der Waals surface area contributed by atoms with E-state index in [0.717, 1.165) is 30.7 Å². The van der Waals surface area contributed by atoms with Gasteiger partial charge in [-0.25, -0.2) is 0 Å². The molecule has 0 aromatic heterocycles. The maximum Gasteiger partial charge on any atom is 0.0450 e. The average molecular weight is 298 g/mol. The van der Waals surface area contributed by atoms with Crippen molar-refractivity contribution < 1.29 is 0 Å². The molecule has 94 valence electrons. The number of hydrogen-bond acceptors (Lipinski definition) is 3. The summed E-state index contributed by atoms with van der Waals surface area (Å²) >= 11 is 3.45. The lowest BCUT2D eigenvalue weighted by atomic mass is 10.00. The summed E-state index contributed by atoms with van der Waals surface area (Å²) in [6.07, 6.45) is 0. The molecule has 2 unspecified atom stereocenters. The van der Waals surface area contributed by atoms with E-state index in [1.54, 1.807) is 0 Å². The lowest BCUT2D eigenvalue weighted by molar-refractivity contribution is 0.163. The minimum Gasteiger partial charge on any atom is -0.323 e. The van der Waals surface area contributed by atoms with E-state index < -0.39 is 0 Å². The summed E-state index contributed by atoms with van der Waals surface area (Å²) < 4.78 is 1.10. The van der Waals surface area contributed by atoms with E-state index in [-0.39, 0.29) is 6.04 Å². The maximum atomic E-state index is 6.34. The summed E-state index contributed by atoms with van der Waals surface area (Å²) in [5.41, 5.74) is 7.55. The monoisotopic (exact) mass is 297 g/mol. The van der Waals surface area contributed by atoms with E-state index >= 15 is 0 Å². The second kappa shape index (κ2) is 5.96. The van der Waals surface area contributed by atoms with Crippen molar-refractivity contribution in [2.75, 3.05) is 26.2 Å². The Hall–Kier alpha value is -0.420. The zero-order valence-electron chi connectivity index (χ0n) is 10.2. The maximum absolute atomic E-state index is 6.34. The van der Waals surface area contributed by atoms with Crippen LogP contribution in [-0.2, 0) is 0 Å². The lowest BCUT2D eigenvalue weighted by Gasteiger charge is -2.36.